The molecule has 0 fully saturated rings. The van der Waals surface area contributed by atoms with E-state index in [9.17, 15) is 4.79 Å². The Bertz CT molecular complexity index is 743. The van der Waals surface area contributed by atoms with E-state index >= 15 is 0 Å². The van der Waals surface area contributed by atoms with E-state index in [0.29, 0.717) is 5.56 Å². The molecule has 100 valence electrons. The maximum absolute atomic E-state index is 11.1. The molecule has 3 aromatic rings. The first-order valence-corrected chi connectivity index (χ1v) is 6.88. The van der Waals surface area contributed by atoms with Crippen molar-refractivity contribution >= 4 is 17.2 Å². The number of benzene rings is 1. The summed E-state index contributed by atoms with van der Waals surface area (Å²) < 4.78 is 5.17. The second kappa shape index (κ2) is 4.94. The van der Waals surface area contributed by atoms with Gasteiger partial charge in [-0.25, -0.2) is 0 Å². The molecule has 0 unspecified atom stereocenters. The summed E-state index contributed by atoms with van der Waals surface area (Å²) in [5, 5.41) is 3.72. The molecule has 2 N–H and O–H groups in total. The van der Waals surface area contributed by atoms with Gasteiger partial charge < -0.3 is 10.3 Å². The van der Waals surface area contributed by atoms with Gasteiger partial charge in [0.25, 0.3) is 0 Å². The van der Waals surface area contributed by atoms with Crippen LogP contribution in [0.3, 0.4) is 0 Å². The standard InChI is InChI=1S/C15H12N2O2S/c1-9-8-13(12-6-7-17-19-12)20-14(9)10-2-4-11(5-3-10)15(16)18/h2-8H,1H3,(H2,16,18). The Kier molecular flexibility index (Phi) is 3.12. The van der Waals surface area contributed by atoms with Crippen LogP contribution in [0.25, 0.3) is 21.1 Å². The zero-order valence-electron chi connectivity index (χ0n) is 10.8. The molecule has 0 aliphatic carbocycles. The van der Waals surface area contributed by atoms with Crippen LogP contribution in [0.4, 0.5) is 0 Å². The number of hydrogen-bond donors (Lipinski definition) is 1. The van der Waals surface area contributed by atoms with Crippen molar-refractivity contribution in [2.45, 2.75) is 6.92 Å². The summed E-state index contributed by atoms with van der Waals surface area (Å²) in [4.78, 5) is 13.3. The van der Waals surface area contributed by atoms with Crippen molar-refractivity contribution in [1.82, 2.24) is 5.16 Å². The monoisotopic (exact) mass is 284 g/mol. The van der Waals surface area contributed by atoms with Gasteiger partial charge in [0.05, 0.1) is 11.1 Å². The van der Waals surface area contributed by atoms with Gasteiger partial charge in [0.2, 0.25) is 5.91 Å². The van der Waals surface area contributed by atoms with Crippen LogP contribution in [-0.2, 0) is 0 Å². The van der Waals surface area contributed by atoms with Crippen molar-refractivity contribution in [3.05, 3.63) is 53.7 Å². The maximum Gasteiger partial charge on any atom is 0.248 e. The lowest BCUT2D eigenvalue weighted by Gasteiger charge is -2.01. The molecule has 0 saturated carbocycles. The zero-order valence-corrected chi connectivity index (χ0v) is 11.6. The molecule has 2 aromatic heterocycles. The summed E-state index contributed by atoms with van der Waals surface area (Å²) in [5.41, 5.74) is 7.98. The normalized spacial score (nSPS) is 10.7. The largest absolute Gasteiger partial charge is 0.366 e. The number of hydrogen-bond acceptors (Lipinski definition) is 4. The lowest BCUT2D eigenvalue weighted by atomic mass is 10.1. The fourth-order valence-corrected chi connectivity index (χ4v) is 3.15. The molecular weight excluding hydrogens is 272 g/mol. The first-order valence-electron chi connectivity index (χ1n) is 6.07. The van der Waals surface area contributed by atoms with E-state index in [1.54, 1.807) is 29.7 Å². The first-order chi connectivity index (χ1) is 9.65. The summed E-state index contributed by atoms with van der Waals surface area (Å²) in [5.74, 6) is 0.347. The molecule has 0 bridgehead atoms. The Morgan fingerprint density at radius 1 is 1.25 bits per heavy atom. The second-order valence-electron chi connectivity index (χ2n) is 4.44. The fraction of sp³-hybridized carbons (Fsp3) is 0.0667. The zero-order chi connectivity index (χ0) is 14.1. The SMILES string of the molecule is Cc1cc(-c2ccno2)sc1-c1ccc(C(N)=O)cc1. The molecule has 0 saturated heterocycles. The summed E-state index contributed by atoms with van der Waals surface area (Å²) in [6, 6.07) is 11.2. The number of carbonyl (C=O) groups excluding carboxylic acids is 1. The van der Waals surface area contributed by atoms with Gasteiger partial charge in [0.15, 0.2) is 5.76 Å². The quantitative estimate of drug-likeness (QED) is 0.800. The van der Waals surface area contributed by atoms with E-state index in [0.717, 1.165) is 26.6 Å². The van der Waals surface area contributed by atoms with Crippen LogP contribution < -0.4 is 5.73 Å². The average Bonchev–Trinajstić information content (AvgIpc) is 3.08. The molecule has 0 atom stereocenters. The van der Waals surface area contributed by atoms with Crippen molar-refractivity contribution in [2.75, 3.05) is 0 Å². The topological polar surface area (TPSA) is 69.1 Å². The smallest absolute Gasteiger partial charge is 0.248 e. The van der Waals surface area contributed by atoms with Gasteiger partial charge in [-0.15, -0.1) is 11.3 Å². The third-order valence-electron chi connectivity index (χ3n) is 3.03. The van der Waals surface area contributed by atoms with Gasteiger partial charge in [-0.1, -0.05) is 17.3 Å². The molecular formula is C15H12N2O2S. The highest BCUT2D eigenvalue weighted by Gasteiger charge is 2.12. The Labute approximate surface area is 119 Å². The van der Waals surface area contributed by atoms with Crippen LogP contribution in [-0.4, -0.2) is 11.1 Å². The van der Waals surface area contributed by atoms with Crippen molar-refractivity contribution in [3.63, 3.8) is 0 Å². The average molecular weight is 284 g/mol. The number of amides is 1. The first kappa shape index (κ1) is 12.6. The molecule has 0 radical (unpaired) electrons. The van der Waals surface area contributed by atoms with E-state index in [4.69, 9.17) is 10.3 Å². The minimum absolute atomic E-state index is 0.415. The summed E-state index contributed by atoms with van der Waals surface area (Å²) >= 11 is 1.63. The van der Waals surface area contributed by atoms with E-state index in [-0.39, 0.29) is 0 Å². The van der Waals surface area contributed by atoms with Gasteiger partial charge in [-0.2, -0.15) is 0 Å². The van der Waals surface area contributed by atoms with Crippen LogP contribution in [0.1, 0.15) is 15.9 Å². The molecule has 0 aliphatic rings. The highest BCUT2D eigenvalue weighted by Crippen LogP contribution is 2.37. The van der Waals surface area contributed by atoms with Crippen molar-refractivity contribution < 1.29 is 9.32 Å². The molecule has 5 heteroatoms. The molecule has 2 heterocycles. The van der Waals surface area contributed by atoms with Gasteiger partial charge in [-0.05, 0) is 36.2 Å². The minimum Gasteiger partial charge on any atom is -0.366 e. The minimum atomic E-state index is -0.415. The molecule has 0 spiro atoms. The van der Waals surface area contributed by atoms with Crippen molar-refractivity contribution in [1.29, 1.82) is 0 Å². The number of aryl methyl sites for hydroxylation is 1. The molecule has 1 aromatic carbocycles. The van der Waals surface area contributed by atoms with Gasteiger partial charge in [0, 0.05) is 16.5 Å². The summed E-state index contributed by atoms with van der Waals surface area (Å²) in [6.45, 7) is 2.05. The fourth-order valence-electron chi connectivity index (χ4n) is 2.02. The molecule has 3 rings (SSSR count). The van der Waals surface area contributed by atoms with Crippen LogP contribution in [0.2, 0.25) is 0 Å². The molecule has 1 amide bonds. The van der Waals surface area contributed by atoms with Crippen LogP contribution in [0, 0.1) is 6.92 Å². The number of thiophene rings is 1. The van der Waals surface area contributed by atoms with E-state index in [2.05, 4.69) is 11.2 Å². The van der Waals surface area contributed by atoms with E-state index in [1.807, 2.05) is 25.1 Å². The summed E-state index contributed by atoms with van der Waals surface area (Å²) in [6.07, 6.45) is 1.63. The van der Waals surface area contributed by atoms with Crippen LogP contribution >= 0.6 is 11.3 Å². The number of nitrogens with zero attached hydrogens (tertiary/aromatic N) is 1. The maximum atomic E-state index is 11.1. The number of nitrogens with two attached hydrogens (primary N) is 1. The van der Waals surface area contributed by atoms with Crippen molar-refractivity contribution in [2.24, 2.45) is 5.73 Å². The third kappa shape index (κ3) is 2.23. The predicted octanol–water partition coefficient (Wildman–Crippen LogP) is 3.48. The van der Waals surface area contributed by atoms with Crippen molar-refractivity contribution in [3.8, 4) is 21.1 Å². The molecule has 20 heavy (non-hydrogen) atoms. The Hall–Kier alpha value is -2.40. The molecule has 0 aliphatic heterocycles. The number of carbonyl (C=O) groups is 1. The van der Waals surface area contributed by atoms with E-state index < -0.39 is 5.91 Å². The van der Waals surface area contributed by atoms with Gasteiger partial charge >= 0.3 is 0 Å². The molecule has 4 nitrogen and oxygen atoms in total. The highest BCUT2D eigenvalue weighted by molar-refractivity contribution is 7.19. The highest BCUT2D eigenvalue weighted by atomic mass is 32.1. The Morgan fingerprint density at radius 2 is 2.00 bits per heavy atom. The predicted molar refractivity (Wildman–Crippen MR) is 78.5 cm³/mol. The van der Waals surface area contributed by atoms with E-state index in [1.165, 1.54) is 0 Å². The van der Waals surface area contributed by atoms with Gasteiger partial charge in [-0.3, -0.25) is 4.79 Å². The Balaban J connectivity index is 2.00. The van der Waals surface area contributed by atoms with Gasteiger partial charge in [0.1, 0.15) is 0 Å². The lowest BCUT2D eigenvalue weighted by molar-refractivity contribution is 0.100. The Morgan fingerprint density at radius 3 is 2.60 bits per heavy atom. The van der Waals surface area contributed by atoms with Crippen LogP contribution in [0.15, 0.2) is 47.1 Å². The second-order valence-corrected chi connectivity index (χ2v) is 5.49. The number of aromatic nitrogens is 1. The lowest BCUT2D eigenvalue weighted by Crippen LogP contribution is -2.10. The van der Waals surface area contributed by atoms with Crippen LogP contribution in [0.5, 0.6) is 0 Å². The number of primary amides is 1. The third-order valence-corrected chi connectivity index (χ3v) is 4.33. The number of rotatable bonds is 3. The summed E-state index contributed by atoms with van der Waals surface area (Å²) in [7, 11) is 0.